The van der Waals surface area contributed by atoms with Crippen LogP contribution in [0.3, 0.4) is 0 Å². The first kappa shape index (κ1) is 15.8. The summed E-state index contributed by atoms with van der Waals surface area (Å²) in [5.41, 5.74) is 2.87. The second kappa shape index (κ2) is 6.89. The number of nitrogens with zero attached hydrogens (tertiary/aromatic N) is 1. The van der Waals surface area contributed by atoms with Crippen LogP contribution in [0.1, 0.15) is 5.56 Å². The number of pyridine rings is 1. The fraction of sp³-hybridized carbons (Fsp3) is 0.154. The van der Waals surface area contributed by atoms with Crippen LogP contribution in [-0.4, -0.2) is 11.5 Å². The monoisotopic (exact) mass is 332 g/mol. The van der Waals surface area contributed by atoms with Gasteiger partial charge < -0.3 is 10.7 Å². The standard InChI is InChI=1S/C13H12Cl2F2N4/c14-10-6-11(15)13(21-18)20-12(10)19-2-1-7-3-8(16)5-9(17)4-7/h3-6H,1-2,18H2,(H2,19,20,21). The molecule has 8 heteroatoms. The highest BCUT2D eigenvalue weighted by Crippen LogP contribution is 2.28. The molecule has 0 bridgehead atoms. The minimum atomic E-state index is -0.609. The molecule has 2 aromatic rings. The minimum absolute atomic E-state index is 0.278. The second-order valence-corrected chi connectivity index (χ2v) is 5.06. The molecule has 0 spiro atoms. The topological polar surface area (TPSA) is 63.0 Å². The number of halogens is 4. The zero-order valence-corrected chi connectivity index (χ0v) is 12.3. The molecule has 0 atom stereocenters. The molecule has 112 valence electrons. The lowest BCUT2D eigenvalue weighted by Crippen LogP contribution is -2.12. The van der Waals surface area contributed by atoms with Crippen LogP contribution < -0.4 is 16.6 Å². The number of benzene rings is 1. The molecule has 0 amide bonds. The molecule has 4 N–H and O–H groups in total. The van der Waals surface area contributed by atoms with E-state index in [1.165, 1.54) is 18.2 Å². The van der Waals surface area contributed by atoms with Crippen LogP contribution in [0.2, 0.25) is 10.0 Å². The van der Waals surface area contributed by atoms with Gasteiger partial charge in [-0.05, 0) is 30.2 Å². The summed E-state index contributed by atoms with van der Waals surface area (Å²) in [7, 11) is 0. The van der Waals surface area contributed by atoms with Gasteiger partial charge in [-0.3, -0.25) is 0 Å². The maximum Gasteiger partial charge on any atom is 0.161 e. The Morgan fingerprint density at radius 2 is 1.62 bits per heavy atom. The predicted molar refractivity (Wildman–Crippen MR) is 80.6 cm³/mol. The summed E-state index contributed by atoms with van der Waals surface area (Å²) >= 11 is 11.9. The highest BCUT2D eigenvalue weighted by molar-refractivity contribution is 6.37. The Morgan fingerprint density at radius 1 is 1.00 bits per heavy atom. The van der Waals surface area contributed by atoms with Gasteiger partial charge in [-0.15, -0.1) is 0 Å². The first-order valence-electron chi connectivity index (χ1n) is 6.01. The van der Waals surface area contributed by atoms with Crippen molar-refractivity contribution < 1.29 is 8.78 Å². The first-order valence-corrected chi connectivity index (χ1v) is 6.76. The Labute approximate surface area is 130 Å². The van der Waals surface area contributed by atoms with Gasteiger partial charge in [0, 0.05) is 12.6 Å². The number of hydrogen-bond donors (Lipinski definition) is 3. The fourth-order valence-corrected chi connectivity index (χ4v) is 2.25. The zero-order valence-electron chi connectivity index (χ0n) is 10.8. The van der Waals surface area contributed by atoms with Gasteiger partial charge in [0.25, 0.3) is 0 Å². The van der Waals surface area contributed by atoms with Crippen molar-refractivity contribution >= 4 is 34.8 Å². The number of hydrazine groups is 1. The normalized spacial score (nSPS) is 10.5. The van der Waals surface area contributed by atoms with Crippen LogP contribution in [0.15, 0.2) is 24.3 Å². The van der Waals surface area contributed by atoms with Gasteiger partial charge in [0.1, 0.15) is 17.5 Å². The molecule has 1 aromatic heterocycles. The van der Waals surface area contributed by atoms with Crippen LogP contribution in [0.4, 0.5) is 20.4 Å². The van der Waals surface area contributed by atoms with E-state index in [1.807, 2.05) is 0 Å². The van der Waals surface area contributed by atoms with Crippen LogP contribution >= 0.6 is 23.2 Å². The molecule has 0 saturated carbocycles. The summed E-state index contributed by atoms with van der Waals surface area (Å²) < 4.78 is 26.1. The SMILES string of the molecule is NNc1nc(NCCc2cc(F)cc(F)c2)c(Cl)cc1Cl. The molecular formula is C13H12Cl2F2N4. The Bertz CT molecular complexity index is 632. The van der Waals surface area contributed by atoms with Gasteiger partial charge in [-0.25, -0.2) is 19.6 Å². The number of aromatic nitrogens is 1. The summed E-state index contributed by atoms with van der Waals surface area (Å²) in [6.45, 7) is 0.390. The van der Waals surface area contributed by atoms with E-state index in [4.69, 9.17) is 29.0 Å². The average Bonchev–Trinajstić information content (AvgIpc) is 2.40. The lowest BCUT2D eigenvalue weighted by Gasteiger charge is -2.10. The predicted octanol–water partition coefficient (Wildman–Crippen LogP) is 3.61. The summed E-state index contributed by atoms with van der Waals surface area (Å²) in [5.74, 6) is 4.71. The number of nitrogens with one attached hydrogen (secondary N) is 2. The van der Waals surface area contributed by atoms with E-state index in [9.17, 15) is 8.78 Å². The molecule has 4 nitrogen and oxygen atoms in total. The zero-order chi connectivity index (χ0) is 15.4. The van der Waals surface area contributed by atoms with E-state index in [0.29, 0.717) is 34.4 Å². The number of hydrogen-bond acceptors (Lipinski definition) is 4. The van der Waals surface area contributed by atoms with Gasteiger partial charge >= 0.3 is 0 Å². The highest BCUT2D eigenvalue weighted by atomic mass is 35.5. The van der Waals surface area contributed by atoms with E-state index in [-0.39, 0.29) is 5.82 Å². The smallest absolute Gasteiger partial charge is 0.161 e. The van der Waals surface area contributed by atoms with E-state index in [1.54, 1.807) is 0 Å². The molecule has 2 rings (SSSR count). The van der Waals surface area contributed by atoms with E-state index in [2.05, 4.69) is 15.7 Å². The van der Waals surface area contributed by atoms with Crippen molar-refractivity contribution in [2.45, 2.75) is 6.42 Å². The van der Waals surface area contributed by atoms with E-state index < -0.39 is 11.6 Å². The average molecular weight is 333 g/mol. The van der Waals surface area contributed by atoms with Crippen molar-refractivity contribution in [3.63, 3.8) is 0 Å². The molecule has 0 unspecified atom stereocenters. The van der Waals surface area contributed by atoms with Crippen molar-refractivity contribution in [3.8, 4) is 0 Å². The number of nitrogen functional groups attached to an aromatic ring is 1. The Kier molecular flexibility index (Phi) is 5.17. The molecule has 1 heterocycles. The lowest BCUT2D eigenvalue weighted by molar-refractivity contribution is 0.580. The van der Waals surface area contributed by atoms with Crippen molar-refractivity contribution in [2.75, 3.05) is 17.3 Å². The van der Waals surface area contributed by atoms with E-state index in [0.717, 1.165) is 6.07 Å². The molecule has 0 saturated heterocycles. The Morgan fingerprint density at radius 3 is 2.24 bits per heavy atom. The van der Waals surface area contributed by atoms with E-state index >= 15 is 0 Å². The van der Waals surface area contributed by atoms with Gasteiger partial charge in [0.05, 0.1) is 10.0 Å². The van der Waals surface area contributed by atoms with Gasteiger partial charge in [0.15, 0.2) is 5.82 Å². The largest absolute Gasteiger partial charge is 0.368 e. The summed E-state index contributed by atoms with van der Waals surface area (Å²) in [5, 5.41) is 3.58. The van der Waals surface area contributed by atoms with Crippen molar-refractivity contribution in [1.82, 2.24) is 4.98 Å². The molecule has 0 aliphatic rings. The Hall–Kier alpha value is -1.63. The summed E-state index contributed by atoms with van der Waals surface area (Å²) in [4.78, 5) is 4.10. The van der Waals surface area contributed by atoms with Crippen LogP contribution in [-0.2, 0) is 6.42 Å². The lowest BCUT2D eigenvalue weighted by atomic mass is 10.1. The van der Waals surface area contributed by atoms with Crippen molar-refractivity contribution in [1.29, 1.82) is 0 Å². The van der Waals surface area contributed by atoms with Crippen molar-refractivity contribution in [2.24, 2.45) is 5.84 Å². The molecule has 0 radical (unpaired) electrons. The Balaban J connectivity index is 2.03. The number of nitrogens with two attached hydrogens (primary N) is 1. The summed E-state index contributed by atoms with van der Waals surface area (Å²) in [6.07, 6.45) is 0.403. The highest BCUT2D eigenvalue weighted by Gasteiger charge is 2.08. The molecule has 0 aliphatic heterocycles. The fourth-order valence-electron chi connectivity index (χ4n) is 1.77. The molecular weight excluding hydrogens is 321 g/mol. The second-order valence-electron chi connectivity index (χ2n) is 4.25. The quantitative estimate of drug-likeness (QED) is 0.578. The number of rotatable bonds is 5. The third-order valence-corrected chi connectivity index (χ3v) is 3.27. The molecule has 0 fully saturated rings. The van der Waals surface area contributed by atoms with Gasteiger partial charge in [-0.1, -0.05) is 23.2 Å². The molecule has 0 aliphatic carbocycles. The first-order chi connectivity index (χ1) is 9.99. The maximum atomic E-state index is 13.1. The number of anilines is 2. The minimum Gasteiger partial charge on any atom is -0.368 e. The van der Waals surface area contributed by atoms with Crippen LogP contribution in [0.25, 0.3) is 0 Å². The third-order valence-electron chi connectivity index (χ3n) is 2.69. The molecule has 1 aromatic carbocycles. The van der Waals surface area contributed by atoms with Crippen molar-refractivity contribution in [3.05, 3.63) is 51.5 Å². The van der Waals surface area contributed by atoms with Crippen LogP contribution in [0, 0.1) is 11.6 Å². The summed E-state index contributed by atoms with van der Waals surface area (Å²) in [6, 6.07) is 4.87. The van der Waals surface area contributed by atoms with Gasteiger partial charge in [-0.2, -0.15) is 0 Å². The maximum absolute atomic E-state index is 13.1. The van der Waals surface area contributed by atoms with Crippen LogP contribution in [0.5, 0.6) is 0 Å². The third kappa shape index (κ3) is 4.17. The molecule has 21 heavy (non-hydrogen) atoms. The van der Waals surface area contributed by atoms with Gasteiger partial charge in [0.2, 0.25) is 0 Å².